The van der Waals surface area contributed by atoms with Crippen LogP contribution >= 0.6 is 0 Å². The molecule has 2 N–H and O–H groups in total. The van der Waals surface area contributed by atoms with Crippen LogP contribution in [0.1, 0.15) is 46.9 Å². The molecule has 1 aromatic carbocycles. The van der Waals surface area contributed by atoms with Gasteiger partial charge in [-0.05, 0) is 44.5 Å². The van der Waals surface area contributed by atoms with Gasteiger partial charge in [0, 0.05) is 32.2 Å². The summed E-state index contributed by atoms with van der Waals surface area (Å²) in [5.74, 6) is 0.556. The number of benzene rings is 1. The van der Waals surface area contributed by atoms with E-state index in [-0.39, 0.29) is 5.91 Å². The third-order valence-electron chi connectivity index (χ3n) is 4.84. The Morgan fingerprint density at radius 3 is 2.93 bits per heavy atom. The van der Waals surface area contributed by atoms with Crippen LogP contribution < -0.4 is 15.4 Å². The Morgan fingerprint density at radius 2 is 2.14 bits per heavy atom. The van der Waals surface area contributed by atoms with E-state index in [1.54, 1.807) is 13.3 Å². The van der Waals surface area contributed by atoms with Crippen LogP contribution in [-0.2, 0) is 11.3 Å². The monoisotopic (exact) mass is 387 g/mol. The lowest BCUT2D eigenvalue weighted by Gasteiger charge is -2.22. The predicted octanol–water partition coefficient (Wildman–Crippen LogP) is 1.86. The fourth-order valence-electron chi connectivity index (χ4n) is 3.22. The summed E-state index contributed by atoms with van der Waals surface area (Å²) >= 11 is 0. The zero-order valence-corrected chi connectivity index (χ0v) is 16.6. The van der Waals surface area contributed by atoms with E-state index in [1.807, 2.05) is 29.8 Å². The van der Waals surface area contributed by atoms with Crippen LogP contribution in [0.3, 0.4) is 0 Å². The second kappa shape index (κ2) is 10.2. The Bertz CT molecular complexity index is 771. The molecule has 1 aliphatic rings. The van der Waals surface area contributed by atoms with Crippen LogP contribution in [0.15, 0.2) is 24.4 Å². The van der Waals surface area contributed by atoms with Gasteiger partial charge in [-0.15, -0.1) is 5.10 Å². The van der Waals surface area contributed by atoms with Gasteiger partial charge in [0.1, 0.15) is 5.75 Å². The third kappa shape index (κ3) is 5.53. The number of aromatic nitrogens is 3. The van der Waals surface area contributed by atoms with Crippen LogP contribution in [-0.4, -0.2) is 54.3 Å². The van der Waals surface area contributed by atoms with Crippen molar-refractivity contribution in [1.82, 2.24) is 25.6 Å². The molecule has 0 unspecified atom stereocenters. The highest BCUT2D eigenvalue weighted by Gasteiger charge is 2.19. The van der Waals surface area contributed by atoms with E-state index in [9.17, 15) is 4.79 Å². The lowest BCUT2D eigenvalue weighted by atomic mass is 10.1. The Balaban J connectivity index is 1.57. The van der Waals surface area contributed by atoms with Crippen LogP contribution in [0.4, 0.5) is 0 Å². The summed E-state index contributed by atoms with van der Waals surface area (Å²) in [6.45, 7) is 5.55. The molecule has 0 radical (unpaired) electrons. The lowest BCUT2D eigenvalue weighted by Crippen LogP contribution is -2.29. The number of amides is 1. The molecular formula is C20H29N5O3. The van der Waals surface area contributed by atoms with E-state index in [4.69, 9.17) is 9.47 Å². The van der Waals surface area contributed by atoms with Crippen molar-refractivity contribution in [2.75, 3.05) is 33.4 Å². The quantitative estimate of drug-likeness (QED) is 0.639. The molecule has 0 spiro atoms. The number of carbonyl (C=O) groups excluding carboxylic acids is 1. The van der Waals surface area contributed by atoms with E-state index in [0.717, 1.165) is 49.2 Å². The number of nitrogens with zero attached hydrogens (tertiary/aromatic N) is 3. The maximum Gasteiger partial charge on any atom is 0.273 e. The van der Waals surface area contributed by atoms with Crippen molar-refractivity contribution >= 4 is 5.91 Å². The Labute approximate surface area is 165 Å². The molecule has 1 amide bonds. The van der Waals surface area contributed by atoms with Gasteiger partial charge < -0.3 is 20.1 Å². The van der Waals surface area contributed by atoms with Crippen molar-refractivity contribution in [1.29, 1.82) is 0 Å². The van der Waals surface area contributed by atoms with Gasteiger partial charge in [0.15, 0.2) is 5.69 Å². The summed E-state index contributed by atoms with van der Waals surface area (Å²) in [5, 5.41) is 14.4. The summed E-state index contributed by atoms with van der Waals surface area (Å²) in [5.41, 5.74) is 2.39. The number of rotatable bonds is 9. The Hall–Kier alpha value is -2.45. The maximum atomic E-state index is 12.5. The van der Waals surface area contributed by atoms with E-state index in [0.29, 0.717) is 31.5 Å². The van der Waals surface area contributed by atoms with Gasteiger partial charge in [0.25, 0.3) is 5.91 Å². The number of methoxy groups -OCH3 is 1. The van der Waals surface area contributed by atoms with Crippen molar-refractivity contribution in [3.63, 3.8) is 0 Å². The van der Waals surface area contributed by atoms with Gasteiger partial charge in [-0.3, -0.25) is 4.79 Å². The van der Waals surface area contributed by atoms with Gasteiger partial charge >= 0.3 is 0 Å². The molecule has 28 heavy (non-hydrogen) atoms. The van der Waals surface area contributed by atoms with E-state index in [2.05, 4.69) is 20.9 Å². The SMILES string of the molecule is COCCCOc1cc(C)ccc1CNC(=O)c1cn(C2CCNCC2)nn1. The average molecular weight is 387 g/mol. The number of aryl methyl sites for hydroxylation is 1. The molecule has 0 saturated carbocycles. The highest BCUT2D eigenvalue weighted by Crippen LogP contribution is 2.21. The standard InChI is InChI=1S/C20H29N5O3/c1-15-4-5-16(19(12-15)28-11-3-10-27-2)13-22-20(26)18-14-25(24-23-18)17-6-8-21-9-7-17/h4-5,12,14,17,21H,3,6-11,13H2,1-2H3,(H,22,26). The summed E-state index contributed by atoms with van der Waals surface area (Å²) < 4.78 is 12.7. The van der Waals surface area contributed by atoms with E-state index < -0.39 is 0 Å². The first kappa shape index (κ1) is 20.3. The molecule has 1 aromatic heterocycles. The van der Waals surface area contributed by atoms with Gasteiger partial charge in [0.2, 0.25) is 0 Å². The number of ether oxygens (including phenoxy) is 2. The van der Waals surface area contributed by atoms with Gasteiger partial charge in [0.05, 0.1) is 18.8 Å². The molecule has 8 heteroatoms. The molecule has 0 atom stereocenters. The first-order valence-electron chi connectivity index (χ1n) is 9.79. The summed E-state index contributed by atoms with van der Waals surface area (Å²) in [7, 11) is 1.68. The van der Waals surface area contributed by atoms with Crippen LogP contribution in [0.5, 0.6) is 5.75 Å². The van der Waals surface area contributed by atoms with Crippen LogP contribution in [0, 0.1) is 6.92 Å². The number of nitrogens with one attached hydrogen (secondary N) is 2. The second-order valence-corrected chi connectivity index (χ2v) is 7.05. The first-order valence-corrected chi connectivity index (χ1v) is 9.79. The largest absolute Gasteiger partial charge is 0.493 e. The molecular weight excluding hydrogens is 358 g/mol. The normalized spacial score (nSPS) is 14.8. The predicted molar refractivity (Wildman–Crippen MR) is 105 cm³/mol. The molecule has 2 heterocycles. The average Bonchev–Trinajstić information content (AvgIpc) is 3.21. The maximum absolute atomic E-state index is 12.5. The highest BCUT2D eigenvalue weighted by molar-refractivity contribution is 5.91. The number of hydrogen-bond acceptors (Lipinski definition) is 6. The van der Waals surface area contributed by atoms with Crippen molar-refractivity contribution < 1.29 is 14.3 Å². The third-order valence-corrected chi connectivity index (χ3v) is 4.84. The van der Waals surface area contributed by atoms with E-state index in [1.165, 1.54) is 0 Å². The lowest BCUT2D eigenvalue weighted by molar-refractivity contribution is 0.0945. The van der Waals surface area contributed by atoms with Gasteiger partial charge in [-0.2, -0.15) is 0 Å². The molecule has 0 bridgehead atoms. The summed E-state index contributed by atoms with van der Waals surface area (Å²) in [4.78, 5) is 12.5. The minimum atomic E-state index is -0.230. The minimum absolute atomic E-state index is 0.230. The fourth-order valence-corrected chi connectivity index (χ4v) is 3.22. The zero-order chi connectivity index (χ0) is 19.8. The first-order chi connectivity index (χ1) is 13.7. The molecule has 2 aromatic rings. The fraction of sp³-hybridized carbons (Fsp3) is 0.550. The molecule has 1 fully saturated rings. The number of carbonyl (C=O) groups is 1. The van der Waals surface area contributed by atoms with Crippen molar-refractivity contribution in [3.8, 4) is 5.75 Å². The van der Waals surface area contributed by atoms with Gasteiger partial charge in [-0.1, -0.05) is 17.3 Å². The molecule has 1 aliphatic heterocycles. The molecule has 8 nitrogen and oxygen atoms in total. The Kier molecular flexibility index (Phi) is 7.39. The second-order valence-electron chi connectivity index (χ2n) is 7.05. The van der Waals surface area contributed by atoms with Crippen molar-refractivity contribution in [3.05, 3.63) is 41.2 Å². The van der Waals surface area contributed by atoms with Crippen molar-refractivity contribution in [2.45, 2.75) is 38.8 Å². The molecule has 1 saturated heterocycles. The zero-order valence-electron chi connectivity index (χ0n) is 16.6. The van der Waals surface area contributed by atoms with Crippen LogP contribution in [0.25, 0.3) is 0 Å². The molecule has 152 valence electrons. The number of hydrogen-bond donors (Lipinski definition) is 2. The number of piperidine rings is 1. The topological polar surface area (TPSA) is 90.3 Å². The Morgan fingerprint density at radius 1 is 1.32 bits per heavy atom. The smallest absolute Gasteiger partial charge is 0.273 e. The van der Waals surface area contributed by atoms with Gasteiger partial charge in [-0.25, -0.2) is 4.68 Å². The highest BCUT2D eigenvalue weighted by atomic mass is 16.5. The molecule has 3 rings (SSSR count). The van der Waals surface area contributed by atoms with Crippen LogP contribution in [0.2, 0.25) is 0 Å². The summed E-state index contributed by atoms with van der Waals surface area (Å²) in [6.07, 6.45) is 4.55. The minimum Gasteiger partial charge on any atom is -0.493 e. The summed E-state index contributed by atoms with van der Waals surface area (Å²) in [6, 6.07) is 6.28. The molecule has 0 aliphatic carbocycles. The van der Waals surface area contributed by atoms with E-state index >= 15 is 0 Å². The van der Waals surface area contributed by atoms with Crippen molar-refractivity contribution in [2.24, 2.45) is 0 Å².